The summed E-state index contributed by atoms with van der Waals surface area (Å²) in [5.41, 5.74) is 2.99. The molecule has 5 aromatic rings. The molecule has 1 aliphatic heterocycles. The summed E-state index contributed by atoms with van der Waals surface area (Å²) in [5.74, 6) is -1.95. The van der Waals surface area contributed by atoms with Crippen molar-refractivity contribution in [1.29, 1.82) is 0 Å². The summed E-state index contributed by atoms with van der Waals surface area (Å²) in [6.45, 7) is 12.3. The van der Waals surface area contributed by atoms with E-state index in [9.17, 15) is 14.4 Å². The van der Waals surface area contributed by atoms with Gasteiger partial charge in [-0.25, -0.2) is 14.4 Å². The number of ether oxygens (including phenoxy) is 4. The molecule has 1 fully saturated rings. The van der Waals surface area contributed by atoms with Crippen molar-refractivity contribution in [3.63, 3.8) is 0 Å². The van der Waals surface area contributed by atoms with Gasteiger partial charge in [-0.15, -0.1) is 11.8 Å². The number of carbonyl (C=O) groups excluding carboxylic acids is 3. The lowest BCUT2D eigenvalue weighted by atomic mass is 9.98. The molecule has 0 aromatic heterocycles. The summed E-state index contributed by atoms with van der Waals surface area (Å²) < 4.78 is 33.1. The van der Waals surface area contributed by atoms with E-state index in [1.165, 1.54) is 11.8 Å². The van der Waals surface area contributed by atoms with Crippen molar-refractivity contribution in [3.8, 4) is 0 Å². The molecule has 0 radical (unpaired) electrons. The van der Waals surface area contributed by atoms with E-state index in [-0.39, 0.29) is 11.6 Å². The second-order valence-electron chi connectivity index (χ2n) is 15.5. The van der Waals surface area contributed by atoms with E-state index in [2.05, 4.69) is 45.0 Å². The van der Waals surface area contributed by atoms with E-state index in [0.29, 0.717) is 16.7 Å². The Balaban J connectivity index is 1.46. The van der Waals surface area contributed by atoms with Crippen LogP contribution in [0, 0.1) is 20.8 Å². The van der Waals surface area contributed by atoms with Crippen LogP contribution in [-0.4, -0.2) is 68.9 Å². The first-order chi connectivity index (χ1) is 27.3. The molecule has 296 valence electrons. The number of benzene rings is 5. The number of aryl methyl sites for hydroxylation is 3. The van der Waals surface area contributed by atoms with Crippen molar-refractivity contribution in [3.05, 3.63) is 167 Å². The largest absolute Gasteiger partial charge is 0.452 e. The summed E-state index contributed by atoms with van der Waals surface area (Å²) in [7, 11) is -3.13. The number of hydrogen-bond donors (Lipinski definition) is 0. The van der Waals surface area contributed by atoms with E-state index in [1.807, 2.05) is 99.8 Å². The van der Waals surface area contributed by atoms with Gasteiger partial charge >= 0.3 is 17.9 Å². The number of hydrogen-bond acceptors (Lipinski definition) is 9. The van der Waals surface area contributed by atoms with Crippen molar-refractivity contribution in [1.82, 2.24) is 0 Å². The van der Waals surface area contributed by atoms with Crippen LogP contribution >= 0.6 is 11.8 Å². The van der Waals surface area contributed by atoms with E-state index < -0.39 is 56.1 Å². The molecule has 0 N–H and O–H groups in total. The average Bonchev–Trinajstić information content (AvgIpc) is 3.20. The van der Waals surface area contributed by atoms with E-state index in [0.717, 1.165) is 27.1 Å². The predicted octanol–water partition coefficient (Wildman–Crippen LogP) is 8.25. The molecule has 57 heavy (non-hydrogen) atoms. The van der Waals surface area contributed by atoms with Crippen LogP contribution in [0.1, 0.15) is 68.5 Å². The molecule has 5 atom stereocenters. The molecule has 1 saturated heterocycles. The van der Waals surface area contributed by atoms with Crippen LogP contribution in [0.4, 0.5) is 0 Å². The van der Waals surface area contributed by atoms with Gasteiger partial charge in [-0.05, 0) is 78.8 Å². The number of thioether (sulfide) groups is 1. The van der Waals surface area contributed by atoms with Crippen LogP contribution in [-0.2, 0) is 23.4 Å². The molecule has 1 heterocycles. The van der Waals surface area contributed by atoms with Gasteiger partial charge in [0.2, 0.25) is 0 Å². The fourth-order valence-electron chi connectivity index (χ4n) is 7.22. The number of esters is 3. The quantitative estimate of drug-likeness (QED) is 0.0702. The normalized spacial score (nSPS) is 19.7. The summed E-state index contributed by atoms with van der Waals surface area (Å²) >= 11 is 1.30. The molecule has 0 amide bonds. The highest BCUT2D eigenvalue weighted by molar-refractivity contribution is 7.99. The fourth-order valence-corrected chi connectivity index (χ4v) is 12.5. The minimum Gasteiger partial charge on any atom is -0.452 e. The lowest BCUT2D eigenvalue weighted by Crippen LogP contribution is -2.68. The number of rotatable bonds is 12. The highest BCUT2D eigenvalue weighted by Crippen LogP contribution is 2.39. The highest BCUT2D eigenvalue weighted by atomic mass is 32.2. The van der Waals surface area contributed by atoms with E-state index in [1.54, 1.807) is 36.4 Å². The molecule has 5 aromatic carbocycles. The Kier molecular flexibility index (Phi) is 13.2. The van der Waals surface area contributed by atoms with Crippen molar-refractivity contribution in [2.45, 2.75) is 76.4 Å². The Hall–Kier alpha value is -5.00. The summed E-state index contributed by atoms with van der Waals surface area (Å²) in [6.07, 6.45) is -2.85. The highest BCUT2D eigenvalue weighted by Gasteiger charge is 2.55. The van der Waals surface area contributed by atoms with Gasteiger partial charge in [0.25, 0.3) is 8.32 Å². The second-order valence-corrected chi connectivity index (χ2v) is 20.7. The number of carbonyl (C=O) groups is 3. The van der Waals surface area contributed by atoms with Gasteiger partial charge in [0.1, 0.15) is 11.5 Å². The molecule has 0 saturated carbocycles. The van der Waals surface area contributed by atoms with E-state index in [4.69, 9.17) is 23.4 Å². The van der Waals surface area contributed by atoms with Crippen LogP contribution in [0.25, 0.3) is 0 Å². The van der Waals surface area contributed by atoms with Crippen molar-refractivity contribution in [2.75, 3.05) is 12.9 Å². The zero-order chi connectivity index (χ0) is 40.7. The molecular formula is C47H50O8SSi. The Morgan fingerprint density at radius 3 is 1.30 bits per heavy atom. The monoisotopic (exact) mass is 802 g/mol. The average molecular weight is 803 g/mol. The van der Waals surface area contributed by atoms with Gasteiger partial charge in [-0.2, -0.15) is 0 Å². The zero-order valence-electron chi connectivity index (χ0n) is 33.5. The Bertz CT molecular complexity index is 2080. The van der Waals surface area contributed by atoms with Crippen molar-refractivity contribution >= 4 is 48.4 Å². The summed E-state index contributed by atoms with van der Waals surface area (Å²) in [4.78, 5) is 41.9. The Morgan fingerprint density at radius 2 is 0.930 bits per heavy atom. The van der Waals surface area contributed by atoms with Gasteiger partial charge in [0.15, 0.2) is 18.3 Å². The second kappa shape index (κ2) is 18.1. The maximum atomic E-state index is 14.1. The van der Waals surface area contributed by atoms with Crippen molar-refractivity contribution < 1.29 is 37.8 Å². The first-order valence-corrected chi connectivity index (χ1v) is 22.3. The SMILES string of the molecule is CS[C@@H]1O[C@H](CO[Si](c2ccccc2)(c2ccccc2)C(C)(C)C)[C@H](OC(=O)c2ccc(C)cc2)[C@H](OC(=O)c2ccc(C)cc2)[C@H]1OC(=O)c1ccc(C)cc1. The third kappa shape index (κ3) is 9.42. The molecule has 8 nitrogen and oxygen atoms in total. The van der Waals surface area contributed by atoms with Crippen molar-refractivity contribution in [2.24, 2.45) is 0 Å². The zero-order valence-corrected chi connectivity index (χ0v) is 35.3. The molecule has 0 bridgehead atoms. The van der Waals surface area contributed by atoms with Crippen LogP contribution in [0.15, 0.2) is 133 Å². The third-order valence-corrected chi connectivity index (χ3v) is 16.1. The van der Waals surface area contributed by atoms with Crippen LogP contribution in [0.5, 0.6) is 0 Å². The topological polar surface area (TPSA) is 97.4 Å². The molecule has 0 spiro atoms. The molecule has 6 rings (SSSR count). The standard InChI is InChI=1S/C47H50O8SSi/c1-31-18-24-34(25-19-31)43(48)53-40-39(30-51-57(47(4,5)6,37-14-10-8-11-15-37)38-16-12-9-13-17-38)52-46(56-7)42(55-45(50)36-28-22-33(3)23-29-36)41(40)54-44(49)35-26-20-32(2)21-27-35/h8-29,39-42,46H,30H2,1-7H3/t39-,40+,41+,42-,46+/m1/s1. The van der Waals surface area contributed by atoms with Gasteiger partial charge < -0.3 is 23.4 Å². The molecule has 0 aliphatic carbocycles. The first kappa shape index (κ1) is 41.6. The molecule has 1 aliphatic rings. The van der Waals surface area contributed by atoms with Gasteiger partial charge in [0.05, 0.1) is 23.3 Å². The van der Waals surface area contributed by atoms with E-state index >= 15 is 0 Å². The first-order valence-electron chi connectivity index (χ1n) is 19.1. The predicted molar refractivity (Wildman–Crippen MR) is 227 cm³/mol. The Morgan fingerprint density at radius 1 is 0.561 bits per heavy atom. The van der Waals surface area contributed by atoms with Gasteiger partial charge in [0, 0.05) is 0 Å². The minimum atomic E-state index is -3.13. The van der Waals surface area contributed by atoms with Crippen LogP contribution < -0.4 is 10.4 Å². The van der Waals surface area contributed by atoms with Gasteiger partial charge in [-0.3, -0.25) is 0 Å². The summed E-state index contributed by atoms with van der Waals surface area (Å²) in [5, 5.41) is 1.74. The van der Waals surface area contributed by atoms with Crippen LogP contribution in [0.2, 0.25) is 5.04 Å². The lowest BCUT2D eigenvalue weighted by Gasteiger charge is -2.47. The molecule has 0 unspecified atom stereocenters. The molecule has 10 heteroatoms. The van der Waals surface area contributed by atoms with Gasteiger partial charge in [-0.1, -0.05) is 135 Å². The third-order valence-electron chi connectivity index (χ3n) is 10.3. The summed E-state index contributed by atoms with van der Waals surface area (Å²) in [6, 6.07) is 41.4. The van der Waals surface area contributed by atoms with Crippen LogP contribution in [0.3, 0.4) is 0 Å². The smallest absolute Gasteiger partial charge is 0.338 e. The minimum absolute atomic E-state index is 0.0343. The maximum absolute atomic E-state index is 14.1. The fraction of sp³-hybridized carbons (Fsp3) is 0.298. The molecular weight excluding hydrogens is 753 g/mol. The maximum Gasteiger partial charge on any atom is 0.338 e. The Labute approximate surface area is 341 Å². The lowest BCUT2D eigenvalue weighted by molar-refractivity contribution is -0.205.